The third-order valence-electron chi connectivity index (χ3n) is 9.45. The number of aliphatic imine (C=N–C) groups is 1. The van der Waals surface area contributed by atoms with Crippen LogP contribution in [0.3, 0.4) is 0 Å². The summed E-state index contributed by atoms with van der Waals surface area (Å²) in [5.74, 6) is -3.05. The Kier molecular flexibility index (Phi) is 10.6. The molecule has 2 aliphatic heterocycles. The molecule has 1 aromatic carbocycles. The second kappa shape index (κ2) is 14.5. The van der Waals surface area contributed by atoms with Crippen molar-refractivity contribution >= 4 is 18.5 Å². The number of carbonyl (C=O) groups excluding carboxylic acids is 2. The third-order valence-corrected chi connectivity index (χ3v) is 9.45. The molecule has 2 atom stereocenters. The van der Waals surface area contributed by atoms with E-state index in [1.807, 2.05) is 17.9 Å². The van der Waals surface area contributed by atoms with E-state index in [0.717, 1.165) is 11.6 Å². The molecule has 2 aromatic rings. The van der Waals surface area contributed by atoms with Crippen molar-refractivity contribution in [3.8, 4) is 11.5 Å². The zero-order valence-electron chi connectivity index (χ0n) is 28.1. The highest BCUT2D eigenvalue weighted by molar-refractivity contribution is 5.95. The zero-order chi connectivity index (χ0) is 35.6. The van der Waals surface area contributed by atoms with E-state index in [4.69, 9.17) is 4.74 Å². The van der Waals surface area contributed by atoms with Crippen molar-refractivity contribution in [1.29, 1.82) is 0 Å². The van der Waals surface area contributed by atoms with Crippen LogP contribution in [-0.2, 0) is 29.5 Å². The van der Waals surface area contributed by atoms with E-state index in [2.05, 4.69) is 27.6 Å². The van der Waals surface area contributed by atoms with Crippen LogP contribution in [-0.4, -0.2) is 112 Å². The highest BCUT2D eigenvalue weighted by Crippen LogP contribution is 2.48. The minimum absolute atomic E-state index is 0.0308. The number of allylic oxidation sites excluding steroid dienone is 1. The summed E-state index contributed by atoms with van der Waals surface area (Å²) >= 11 is 0. The Hall–Kier alpha value is -4.57. The molecular formula is C33H43F3N8O5. The number of hydrogen-bond donors (Lipinski definition) is 4. The van der Waals surface area contributed by atoms with E-state index in [1.165, 1.54) is 15.8 Å². The quantitative estimate of drug-likeness (QED) is 0.121. The standard InChI is InChI=1S/C33H43F3N8O5/c1-6-25(37-3)28(42-9-11-43(12-10-42)31(47)27-29(46)19(2)41(5)39-27)32(48)44(40-30(38-4)20-7-13-49-14-8-20)18-22-15-21-16-24(33(34,35)36)23(21)17-26(22)45/h7,15,17,24,30,37,40,45-46H,4,6,8-14,16,18H2,1-3,5H3/b28-25+. The summed E-state index contributed by atoms with van der Waals surface area (Å²) in [6.07, 6.45) is -2.48. The van der Waals surface area contributed by atoms with Gasteiger partial charge in [0.05, 0.1) is 31.4 Å². The van der Waals surface area contributed by atoms with Gasteiger partial charge in [0, 0.05) is 51.5 Å². The van der Waals surface area contributed by atoms with Crippen LogP contribution in [0.15, 0.2) is 40.2 Å². The number of alkyl halides is 3. The Balaban J connectivity index is 1.44. The normalized spacial score (nSPS) is 18.9. The van der Waals surface area contributed by atoms with Gasteiger partial charge in [0.15, 0.2) is 11.4 Å². The number of phenols is 1. The highest BCUT2D eigenvalue weighted by Gasteiger charge is 2.47. The average Bonchev–Trinajstić information content (AvgIpc) is 3.34. The van der Waals surface area contributed by atoms with Crippen LogP contribution in [0, 0.1) is 6.92 Å². The van der Waals surface area contributed by atoms with Crippen molar-refractivity contribution in [3.05, 3.63) is 63.3 Å². The molecule has 4 N–H and O–H groups in total. The van der Waals surface area contributed by atoms with Gasteiger partial charge in [0.2, 0.25) is 0 Å². The summed E-state index contributed by atoms with van der Waals surface area (Å²) in [4.78, 5) is 35.6. The van der Waals surface area contributed by atoms with Gasteiger partial charge in [-0.3, -0.25) is 24.3 Å². The molecule has 0 spiro atoms. The van der Waals surface area contributed by atoms with Crippen molar-refractivity contribution in [1.82, 2.24) is 35.3 Å². The number of hydrogen-bond acceptors (Lipinski definition) is 10. The Morgan fingerprint density at radius 2 is 1.90 bits per heavy atom. The van der Waals surface area contributed by atoms with Crippen molar-refractivity contribution < 1.29 is 37.7 Å². The Labute approximate surface area is 282 Å². The number of amides is 2. The average molecular weight is 689 g/mol. The number of phenolic OH excluding ortho intramolecular Hbond substituents is 1. The maximum atomic E-state index is 14.7. The van der Waals surface area contributed by atoms with E-state index >= 15 is 0 Å². The number of aromatic hydroxyl groups is 2. The van der Waals surface area contributed by atoms with E-state index < -0.39 is 30.1 Å². The van der Waals surface area contributed by atoms with Gasteiger partial charge in [-0.15, -0.1) is 0 Å². The van der Waals surface area contributed by atoms with Crippen LogP contribution in [0.2, 0.25) is 0 Å². The molecule has 1 aliphatic carbocycles. The van der Waals surface area contributed by atoms with E-state index in [9.17, 15) is 33.0 Å². The van der Waals surface area contributed by atoms with Crippen LogP contribution < -0.4 is 10.7 Å². The number of fused-ring (bicyclic) bond motifs is 1. The summed E-state index contributed by atoms with van der Waals surface area (Å²) in [5, 5.41) is 30.0. The van der Waals surface area contributed by atoms with Crippen LogP contribution in [0.4, 0.5) is 13.2 Å². The number of rotatable bonds is 11. The first-order chi connectivity index (χ1) is 23.3. The monoisotopic (exact) mass is 688 g/mol. The lowest BCUT2D eigenvalue weighted by atomic mass is 9.76. The molecule has 3 heterocycles. The fourth-order valence-electron chi connectivity index (χ4n) is 6.41. The maximum absolute atomic E-state index is 14.7. The number of carbonyl (C=O) groups is 2. The lowest BCUT2D eigenvalue weighted by Crippen LogP contribution is -2.54. The van der Waals surface area contributed by atoms with Gasteiger partial charge in [0.1, 0.15) is 17.6 Å². The molecule has 5 rings (SSSR count). The molecule has 13 nitrogen and oxygen atoms in total. The van der Waals surface area contributed by atoms with Crippen molar-refractivity contribution in [3.63, 3.8) is 0 Å². The van der Waals surface area contributed by atoms with E-state index in [1.54, 1.807) is 25.9 Å². The molecule has 1 fully saturated rings. The molecule has 2 unspecified atom stereocenters. The first-order valence-electron chi connectivity index (χ1n) is 16.2. The number of nitrogens with one attached hydrogen (secondary N) is 2. The number of halogens is 3. The molecule has 0 saturated carbocycles. The molecule has 2 amide bonds. The minimum atomic E-state index is -4.42. The van der Waals surface area contributed by atoms with Gasteiger partial charge in [-0.25, -0.2) is 5.43 Å². The summed E-state index contributed by atoms with van der Waals surface area (Å²) < 4.78 is 47.2. The fraction of sp³-hybridized carbons (Fsp3) is 0.515. The van der Waals surface area contributed by atoms with Gasteiger partial charge < -0.3 is 30.1 Å². The molecule has 0 bridgehead atoms. The fourth-order valence-corrected chi connectivity index (χ4v) is 6.41. The molecule has 266 valence electrons. The Bertz CT molecular complexity index is 1660. The number of aryl methyl sites for hydroxylation is 1. The molecular weight excluding hydrogens is 645 g/mol. The van der Waals surface area contributed by atoms with Crippen LogP contribution in [0.1, 0.15) is 58.6 Å². The lowest BCUT2D eigenvalue weighted by Gasteiger charge is -2.39. The number of aromatic nitrogens is 2. The summed E-state index contributed by atoms with van der Waals surface area (Å²) in [7, 11) is 3.35. The predicted molar refractivity (Wildman–Crippen MR) is 175 cm³/mol. The van der Waals surface area contributed by atoms with E-state index in [0.29, 0.717) is 48.7 Å². The van der Waals surface area contributed by atoms with Gasteiger partial charge in [0.25, 0.3) is 11.8 Å². The highest BCUT2D eigenvalue weighted by atomic mass is 19.4. The van der Waals surface area contributed by atoms with Crippen molar-refractivity contribution in [2.24, 2.45) is 12.0 Å². The van der Waals surface area contributed by atoms with Crippen LogP contribution >= 0.6 is 0 Å². The summed E-state index contributed by atoms with van der Waals surface area (Å²) in [5.41, 5.74) is 6.16. The first-order valence-corrected chi connectivity index (χ1v) is 16.2. The first kappa shape index (κ1) is 35.7. The van der Waals surface area contributed by atoms with Crippen molar-refractivity contribution in [2.75, 3.05) is 46.4 Å². The minimum Gasteiger partial charge on any atom is -0.508 e. The number of piperazine rings is 1. The maximum Gasteiger partial charge on any atom is 0.396 e. The van der Waals surface area contributed by atoms with Gasteiger partial charge in [-0.1, -0.05) is 13.0 Å². The van der Waals surface area contributed by atoms with Crippen LogP contribution in [0.5, 0.6) is 11.5 Å². The van der Waals surface area contributed by atoms with Crippen molar-refractivity contribution in [2.45, 2.75) is 57.9 Å². The second-order valence-electron chi connectivity index (χ2n) is 12.3. The summed E-state index contributed by atoms with van der Waals surface area (Å²) in [6, 6.07) is 2.65. The molecule has 0 radical (unpaired) electrons. The number of benzene rings is 1. The summed E-state index contributed by atoms with van der Waals surface area (Å²) in [6.45, 7) is 8.97. The second-order valence-corrected chi connectivity index (χ2v) is 12.3. The Morgan fingerprint density at radius 3 is 2.45 bits per heavy atom. The number of nitrogens with zero attached hydrogens (tertiary/aromatic N) is 6. The lowest BCUT2D eigenvalue weighted by molar-refractivity contribution is -0.155. The smallest absolute Gasteiger partial charge is 0.396 e. The molecule has 1 saturated heterocycles. The SMILES string of the molecule is C=NC(NN(Cc1cc2c(cc1O)C(C(F)(F)F)C2)C(=O)/C(=C(/CC)NC)N1CCN(C(=O)c2nn(C)c(C)c2O)CC1)C1=CCOCC1. The van der Waals surface area contributed by atoms with Gasteiger partial charge >= 0.3 is 6.18 Å². The molecule has 49 heavy (non-hydrogen) atoms. The van der Waals surface area contributed by atoms with E-state index in [-0.39, 0.29) is 67.5 Å². The zero-order valence-corrected chi connectivity index (χ0v) is 28.1. The van der Waals surface area contributed by atoms with Gasteiger partial charge in [-0.05, 0) is 61.7 Å². The van der Waals surface area contributed by atoms with Gasteiger partial charge in [-0.2, -0.15) is 18.3 Å². The predicted octanol–water partition coefficient (Wildman–Crippen LogP) is 2.85. The third kappa shape index (κ3) is 7.25. The topological polar surface area (TPSA) is 148 Å². The molecule has 1 aromatic heterocycles. The molecule has 3 aliphatic rings. The number of hydrazine groups is 1. The largest absolute Gasteiger partial charge is 0.508 e. The molecule has 16 heteroatoms. The number of ether oxygens (including phenoxy) is 1. The Morgan fingerprint density at radius 1 is 1.20 bits per heavy atom. The van der Waals surface area contributed by atoms with Crippen LogP contribution in [0.25, 0.3) is 0 Å².